The van der Waals surface area contributed by atoms with Gasteiger partial charge in [-0.15, -0.1) is 0 Å². The van der Waals surface area contributed by atoms with Crippen LogP contribution in [-0.4, -0.2) is 32.5 Å². The lowest BCUT2D eigenvalue weighted by atomic mass is 9.85. The first-order chi connectivity index (χ1) is 12.6. The molecule has 0 aliphatic heterocycles. The maximum absolute atomic E-state index is 13.2. The Labute approximate surface area is 148 Å². The van der Waals surface area contributed by atoms with Crippen molar-refractivity contribution in [3.05, 3.63) is 34.6 Å². The molecule has 1 amide bonds. The van der Waals surface area contributed by atoms with E-state index in [4.69, 9.17) is 9.63 Å². The Balaban J connectivity index is 1.82. The number of hydrogen-bond acceptors (Lipinski definition) is 5. The number of aryl methyl sites for hydroxylation is 1. The van der Waals surface area contributed by atoms with Crippen LogP contribution in [0, 0.1) is 12.8 Å². The number of aromatic nitrogens is 3. The summed E-state index contributed by atoms with van der Waals surface area (Å²) in [7, 11) is 0. The molecule has 1 aliphatic carbocycles. The van der Waals surface area contributed by atoms with Gasteiger partial charge in [0, 0.05) is 24.2 Å². The second-order valence-electron chi connectivity index (χ2n) is 6.90. The third-order valence-electron chi connectivity index (χ3n) is 5.27. The first kappa shape index (κ1) is 16.6. The van der Waals surface area contributed by atoms with E-state index in [0.717, 1.165) is 36.6 Å². The smallest absolute Gasteiger partial charge is 0.404 e. The van der Waals surface area contributed by atoms with Gasteiger partial charge in [-0.1, -0.05) is 11.6 Å². The van der Waals surface area contributed by atoms with Crippen LogP contribution in [0.4, 0.5) is 4.79 Å². The summed E-state index contributed by atoms with van der Waals surface area (Å²) in [6.45, 7) is 2.15. The SMILES string of the molecule is Cc1onc2c1c(=O)n(C1CCCC(CNC(=O)O)C1)c1cnccc21. The first-order valence-corrected chi connectivity index (χ1v) is 8.77. The van der Waals surface area contributed by atoms with Gasteiger partial charge < -0.3 is 19.5 Å². The Bertz CT molecular complexity index is 1040. The zero-order chi connectivity index (χ0) is 18.3. The fraction of sp³-hybridized carbons (Fsp3) is 0.444. The van der Waals surface area contributed by atoms with Crippen LogP contribution < -0.4 is 10.9 Å². The van der Waals surface area contributed by atoms with Crippen LogP contribution in [0.15, 0.2) is 27.8 Å². The minimum absolute atomic E-state index is 0.00208. The van der Waals surface area contributed by atoms with Crippen molar-refractivity contribution in [2.24, 2.45) is 5.92 Å². The molecule has 3 aromatic rings. The minimum Gasteiger partial charge on any atom is -0.465 e. The fourth-order valence-corrected chi connectivity index (χ4v) is 4.09. The van der Waals surface area contributed by atoms with Crippen LogP contribution >= 0.6 is 0 Å². The normalized spacial score (nSPS) is 20.5. The van der Waals surface area contributed by atoms with Crippen LogP contribution in [0.3, 0.4) is 0 Å². The van der Waals surface area contributed by atoms with E-state index in [2.05, 4.69) is 15.5 Å². The average Bonchev–Trinajstić information content (AvgIpc) is 3.03. The summed E-state index contributed by atoms with van der Waals surface area (Å²) < 4.78 is 7.08. The molecule has 1 saturated carbocycles. The molecule has 3 heterocycles. The second-order valence-corrected chi connectivity index (χ2v) is 6.90. The predicted molar refractivity (Wildman–Crippen MR) is 95.3 cm³/mol. The maximum atomic E-state index is 13.2. The third kappa shape index (κ3) is 2.71. The molecule has 0 aromatic carbocycles. The molecule has 2 N–H and O–H groups in total. The molecule has 3 aromatic heterocycles. The molecular weight excluding hydrogens is 336 g/mol. The lowest BCUT2D eigenvalue weighted by molar-refractivity contribution is 0.187. The van der Waals surface area contributed by atoms with Crippen LogP contribution in [-0.2, 0) is 0 Å². The topological polar surface area (TPSA) is 110 Å². The van der Waals surface area contributed by atoms with E-state index in [9.17, 15) is 9.59 Å². The molecule has 2 atom stereocenters. The number of carboxylic acid groups (broad SMARTS) is 1. The molecule has 4 rings (SSSR count). The van der Waals surface area contributed by atoms with Gasteiger partial charge in [-0.25, -0.2) is 4.79 Å². The number of carbonyl (C=O) groups is 1. The molecule has 0 spiro atoms. The summed E-state index contributed by atoms with van der Waals surface area (Å²) in [5, 5.41) is 16.7. The second kappa shape index (κ2) is 6.44. The summed E-state index contributed by atoms with van der Waals surface area (Å²) in [5.74, 6) is 0.722. The van der Waals surface area contributed by atoms with Crippen LogP contribution in [0.5, 0.6) is 0 Å². The van der Waals surface area contributed by atoms with Gasteiger partial charge in [-0.3, -0.25) is 9.78 Å². The molecule has 2 unspecified atom stereocenters. The number of hydrogen-bond donors (Lipinski definition) is 2. The molecule has 8 heteroatoms. The number of nitrogens with zero attached hydrogens (tertiary/aromatic N) is 3. The maximum Gasteiger partial charge on any atom is 0.404 e. The number of amides is 1. The lowest BCUT2D eigenvalue weighted by Crippen LogP contribution is -2.34. The van der Waals surface area contributed by atoms with Gasteiger partial charge in [0.2, 0.25) is 0 Å². The van der Waals surface area contributed by atoms with Gasteiger partial charge in [-0.2, -0.15) is 0 Å². The molecule has 0 saturated heterocycles. The largest absolute Gasteiger partial charge is 0.465 e. The third-order valence-corrected chi connectivity index (χ3v) is 5.27. The van der Waals surface area contributed by atoms with Gasteiger partial charge in [0.25, 0.3) is 5.56 Å². The summed E-state index contributed by atoms with van der Waals surface area (Å²) in [6.07, 6.45) is 5.89. The van der Waals surface area contributed by atoms with E-state index in [1.807, 2.05) is 10.6 Å². The minimum atomic E-state index is -1.01. The molecule has 1 aliphatic rings. The van der Waals surface area contributed by atoms with Gasteiger partial charge in [0.05, 0.1) is 11.7 Å². The van der Waals surface area contributed by atoms with Crippen molar-refractivity contribution in [1.29, 1.82) is 0 Å². The zero-order valence-corrected chi connectivity index (χ0v) is 14.4. The van der Waals surface area contributed by atoms with E-state index < -0.39 is 6.09 Å². The number of rotatable bonds is 3. The van der Waals surface area contributed by atoms with E-state index in [0.29, 0.717) is 23.2 Å². The monoisotopic (exact) mass is 356 g/mol. The van der Waals surface area contributed by atoms with Gasteiger partial charge in [-0.05, 0) is 38.2 Å². The quantitative estimate of drug-likeness (QED) is 0.746. The highest BCUT2D eigenvalue weighted by atomic mass is 16.5. The Kier molecular flexibility index (Phi) is 4.10. The van der Waals surface area contributed by atoms with E-state index >= 15 is 0 Å². The van der Waals surface area contributed by atoms with Crippen molar-refractivity contribution in [3.63, 3.8) is 0 Å². The first-order valence-electron chi connectivity index (χ1n) is 8.77. The Morgan fingerprint density at radius 3 is 3.12 bits per heavy atom. The zero-order valence-electron chi connectivity index (χ0n) is 14.4. The molecule has 0 bridgehead atoms. The van der Waals surface area contributed by atoms with Crippen molar-refractivity contribution in [3.8, 4) is 0 Å². The molecular formula is C18H20N4O4. The number of fused-ring (bicyclic) bond motifs is 3. The molecule has 136 valence electrons. The fourth-order valence-electron chi connectivity index (χ4n) is 4.09. The Morgan fingerprint density at radius 1 is 1.46 bits per heavy atom. The van der Waals surface area contributed by atoms with Crippen molar-refractivity contribution in [1.82, 2.24) is 20.0 Å². The van der Waals surface area contributed by atoms with E-state index in [1.54, 1.807) is 19.3 Å². The number of nitrogens with one attached hydrogen (secondary N) is 1. The van der Waals surface area contributed by atoms with Crippen molar-refractivity contribution in [2.45, 2.75) is 38.6 Å². The Morgan fingerprint density at radius 2 is 2.31 bits per heavy atom. The van der Waals surface area contributed by atoms with Gasteiger partial charge >= 0.3 is 6.09 Å². The summed E-state index contributed by atoms with van der Waals surface area (Å²) in [5.41, 5.74) is 1.20. The number of pyridine rings is 2. The highest BCUT2D eigenvalue weighted by molar-refractivity contribution is 6.03. The van der Waals surface area contributed by atoms with E-state index in [1.165, 1.54) is 0 Å². The van der Waals surface area contributed by atoms with Crippen LogP contribution in [0.25, 0.3) is 21.8 Å². The van der Waals surface area contributed by atoms with E-state index in [-0.39, 0.29) is 17.5 Å². The van der Waals surface area contributed by atoms with Crippen molar-refractivity contribution >= 4 is 27.9 Å². The lowest BCUT2D eigenvalue weighted by Gasteiger charge is -2.31. The van der Waals surface area contributed by atoms with Crippen LogP contribution in [0.1, 0.15) is 37.5 Å². The standard InChI is InChI=1S/C18H20N4O4/c1-10-15-16(21-26-10)13-5-6-19-9-14(13)22(17(15)23)12-4-2-3-11(7-12)8-20-18(24)25/h5-6,9,11-12,20H,2-4,7-8H2,1H3,(H,24,25). The molecule has 1 fully saturated rings. The average molecular weight is 356 g/mol. The summed E-state index contributed by atoms with van der Waals surface area (Å²) in [4.78, 5) is 28.2. The molecule has 26 heavy (non-hydrogen) atoms. The highest BCUT2D eigenvalue weighted by Gasteiger charge is 2.27. The van der Waals surface area contributed by atoms with Gasteiger partial charge in [0.1, 0.15) is 16.7 Å². The summed E-state index contributed by atoms with van der Waals surface area (Å²) >= 11 is 0. The predicted octanol–water partition coefficient (Wildman–Crippen LogP) is 2.85. The van der Waals surface area contributed by atoms with Crippen molar-refractivity contribution < 1.29 is 14.4 Å². The summed E-state index contributed by atoms with van der Waals surface area (Å²) in [6, 6.07) is 1.85. The highest BCUT2D eigenvalue weighted by Crippen LogP contribution is 2.34. The van der Waals surface area contributed by atoms with Gasteiger partial charge in [0.15, 0.2) is 0 Å². The Hall–Kier alpha value is -2.90. The van der Waals surface area contributed by atoms with Crippen molar-refractivity contribution in [2.75, 3.05) is 6.54 Å². The molecule has 0 radical (unpaired) electrons. The van der Waals surface area contributed by atoms with Crippen LogP contribution in [0.2, 0.25) is 0 Å². The molecule has 8 nitrogen and oxygen atoms in total.